The third kappa shape index (κ3) is 5.31. The molecule has 3 aromatic rings. The van der Waals surface area contributed by atoms with E-state index in [2.05, 4.69) is 46.4 Å². The van der Waals surface area contributed by atoms with Gasteiger partial charge in [0.2, 0.25) is 5.91 Å². The summed E-state index contributed by atoms with van der Waals surface area (Å²) in [7, 11) is 0. The molecule has 0 aliphatic carbocycles. The molecule has 0 fully saturated rings. The molecule has 156 valence electrons. The molecule has 1 atom stereocenters. The van der Waals surface area contributed by atoms with Crippen molar-refractivity contribution in [3.05, 3.63) is 58.7 Å². The van der Waals surface area contributed by atoms with E-state index in [1.807, 2.05) is 26.0 Å². The molecule has 0 saturated carbocycles. The second-order valence-corrected chi connectivity index (χ2v) is 7.46. The summed E-state index contributed by atoms with van der Waals surface area (Å²) in [6.45, 7) is 8.65. The second kappa shape index (κ2) is 9.80. The summed E-state index contributed by atoms with van der Waals surface area (Å²) in [6, 6.07) is 8.05. The lowest BCUT2D eigenvalue weighted by Gasteiger charge is -2.15. The molecule has 0 radical (unpaired) electrons. The van der Waals surface area contributed by atoms with Crippen LogP contribution in [0.2, 0.25) is 0 Å². The molecule has 2 heterocycles. The molecule has 2 aromatic heterocycles. The number of rotatable bonds is 7. The zero-order valence-corrected chi connectivity index (χ0v) is 18.2. The van der Waals surface area contributed by atoms with Crippen molar-refractivity contribution in [2.75, 3.05) is 6.54 Å². The summed E-state index contributed by atoms with van der Waals surface area (Å²) in [5.74, 6) is 1.05. The molecule has 0 aliphatic heterocycles. The second-order valence-electron chi connectivity index (χ2n) is 7.46. The number of halogens is 1. The number of nitrogens with one attached hydrogen (secondary N) is 1. The van der Waals surface area contributed by atoms with E-state index in [9.17, 15) is 4.79 Å². The fourth-order valence-electron chi connectivity index (χ4n) is 3.31. The predicted molar refractivity (Wildman–Crippen MR) is 116 cm³/mol. The first-order valence-corrected chi connectivity index (χ1v) is 9.64. The van der Waals surface area contributed by atoms with Crippen LogP contribution >= 0.6 is 12.4 Å². The van der Waals surface area contributed by atoms with Crippen LogP contribution in [0.5, 0.6) is 0 Å². The normalized spacial score (nSPS) is 12.1. The quantitative estimate of drug-likeness (QED) is 0.616. The molecule has 0 aliphatic rings. The number of aryl methyl sites for hydroxylation is 2. The molecule has 0 saturated heterocycles. The number of carbonyl (C=O) groups is 1. The summed E-state index contributed by atoms with van der Waals surface area (Å²) >= 11 is 0. The van der Waals surface area contributed by atoms with Crippen LogP contribution in [0.25, 0.3) is 5.78 Å². The number of hydrogen-bond donors (Lipinski definition) is 2. The number of amides is 1. The summed E-state index contributed by atoms with van der Waals surface area (Å²) in [4.78, 5) is 20.9. The van der Waals surface area contributed by atoms with Crippen LogP contribution in [0.3, 0.4) is 0 Å². The Kier molecular flexibility index (Phi) is 7.70. The lowest BCUT2D eigenvalue weighted by molar-refractivity contribution is -0.121. The van der Waals surface area contributed by atoms with Gasteiger partial charge in [0.05, 0.1) is 0 Å². The van der Waals surface area contributed by atoms with E-state index in [0.717, 1.165) is 22.5 Å². The topological polar surface area (TPSA) is 98.2 Å². The summed E-state index contributed by atoms with van der Waals surface area (Å²) in [5.41, 5.74) is 11.4. The van der Waals surface area contributed by atoms with Gasteiger partial charge in [0.15, 0.2) is 0 Å². The number of nitrogens with two attached hydrogens (primary N) is 1. The maximum Gasteiger partial charge on any atom is 0.252 e. The molecule has 3 N–H and O–H groups in total. The Morgan fingerprint density at radius 3 is 2.48 bits per heavy atom. The lowest BCUT2D eigenvalue weighted by atomic mass is 9.99. The first-order chi connectivity index (χ1) is 13.4. The van der Waals surface area contributed by atoms with E-state index in [1.54, 1.807) is 4.52 Å². The predicted octanol–water partition coefficient (Wildman–Crippen LogP) is 3.04. The molecular weight excluding hydrogens is 388 g/mol. The van der Waals surface area contributed by atoms with Crippen LogP contribution in [-0.4, -0.2) is 32.0 Å². The average molecular weight is 417 g/mol. The molecule has 3 rings (SSSR count). The molecule has 7 nitrogen and oxygen atoms in total. The summed E-state index contributed by atoms with van der Waals surface area (Å²) in [5, 5.41) is 7.12. The van der Waals surface area contributed by atoms with Crippen LogP contribution in [0, 0.1) is 13.8 Å². The third-order valence-corrected chi connectivity index (χ3v) is 5.14. The summed E-state index contributed by atoms with van der Waals surface area (Å²) < 4.78 is 1.71. The van der Waals surface area contributed by atoms with E-state index in [1.165, 1.54) is 11.9 Å². The van der Waals surface area contributed by atoms with Gasteiger partial charge in [-0.2, -0.15) is 10.1 Å². The highest BCUT2D eigenvalue weighted by Gasteiger charge is 2.13. The molecule has 1 aromatic carbocycles. The Hall–Kier alpha value is -2.51. The van der Waals surface area contributed by atoms with E-state index in [4.69, 9.17) is 5.73 Å². The highest BCUT2D eigenvalue weighted by atomic mass is 35.5. The van der Waals surface area contributed by atoms with Crippen molar-refractivity contribution in [3.8, 4) is 0 Å². The van der Waals surface area contributed by atoms with Gasteiger partial charge >= 0.3 is 0 Å². The lowest BCUT2D eigenvalue weighted by Crippen LogP contribution is -2.32. The zero-order valence-electron chi connectivity index (χ0n) is 17.3. The van der Waals surface area contributed by atoms with Crippen LogP contribution in [0.1, 0.15) is 60.3 Å². The van der Waals surface area contributed by atoms with Crippen LogP contribution in [0.4, 0.5) is 0 Å². The van der Waals surface area contributed by atoms with Gasteiger partial charge in [-0.05, 0) is 42.9 Å². The zero-order chi connectivity index (χ0) is 20.3. The highest BCUT2D eigenvalue weighted by molar-refractivity contribution is 5.85. The average Bonchev–Trinajstić information content (AvgIpc) is 3.14. The van der Waals surface area contributed by atoms with Gasteiger partial charge in [-0.25, -0.2) is 9.50 Å². The smallest absolute Gasteiger partial charge is 0.252 e. The minimum Gasteiger partial charge on any atom is -0.354 e. The Labute approximate surface area is 177 Å². The van der Waals surface area contributed by atoms with Crippen molar-refractivity contribution in [1.29, 1.82) is 0 Å². The largest absolute Gasteiger partial charge is 0.354 e. The SMILES string of the molecule is Cc1nc2ncnn2c(C)c1CCC(=O)NCC(N)c1ccc(C(C)C)cc1.Cl. The Morgan fingerprint density at radius 2 is 1.83 bits per heavy atom. The van der Waals surface area contributed by atoms with Crippen molar-refractivity contribution >= 4 is 24.1 Å². The van der Waals surface area contributed by atoms with Crippen LogP contribution in [-0.2, 0) is 11.2 Å². The first-order valence-electron chi connectivity index (χ1n) is 9.64. The number of hydrogen-bond acceptors (Lipinski definition) is 5. The Balaban J connectivity index is 0.00000300. The minimum absolute atomic E-state index is 0. The number of carbonyl (C=O) groups excluding carboxylic acids is 1. The van der Waals surface area contributed by atoms with Crippen LogP contribution < -0.4 is 11.1 Å². The van der Waals surface area contributed by atoms with Crippen molar-refractivity contribution < 1.29 is 4.79 Å². The van der Waals surface area contributed by atoms with E-state index < -0.39 is 0 Å². The molecule has 29 heavy (non-hydrogen) atoms. The van der Waals surface area contributed by atoms with Crippen molar-refractivity contribution in [2.24, 2.45) is 5.73 Å². The van der Waals surface area contributed by atoms with Crippen LogP contribution in [0.15, 0.2) is 30.6 Å². The van der Waals surface area contributed by atoms with Gasteiger partial charge in [-0.1, -0.05) is 38.1 Å². The van der Waals surface area contributed by atoms with Gasteiger partial charge in [-0.3, -0.25) is 4.79 Å². The molecule has 1 amide bonds. The van der Waals surface area contributed by atoms with E-state index >= 15 is 0 Å². The van der Waals surface area contributed by atoms with Gasteiger partial charge in [0.25, 0.3) is 5.78 Å². The number of nitrogens with zero attached hydrogens (tertiary/aromatic N) is 4. The van der Waals surface area contributed by atoms with Crippen molar-refractivity contribution in [3.63, 3.8) is 0 Å². The maximum absolute atomic E-state index is 12.3. The fraction of sp³-hybridized carbons (Fsp3) is 0.429. The number of aromatic nitrogens is 4. The van der Waals surface area contributed by atoms with Gasteiger partial charge in [0, 0.05) is 30.4 Å². The maximum atomic E-state index is 12.3. The van der Waals surface area contributed by atoms with E-state index in [-0.39, 0.29) is 24.4 Å². The highest BCUT2D eigenvalue weighted by Crippen LogP contribution is 2.18. The third-order valence-electron chi connectivity index (χ3n) is 5.14. The van der Waals surface area contributed by atoms with Crippen molar-refractivity contribution in [1.82, 2.24) is 24.9 Å². The summed E-state index contributed by atoms with van der Waals surface area (Å²) in [6.07, 6.45) is 2.47. The minimum atomic E-state index is -0.221. The van der Waals surface area contributed by atoms with Gasteiger partial charge in [0.1, 0.15) is 6.33 Å². The monoisotopic (exact) mass is 416 g/mol. The fourth-order valence-corrected chi connectivity index (χ4v) is 3.31. The Bertz CT molecular complexity index is 967. The van der Waals surface area contributed by atoms with Gasteiger partial charge < -0.3 is 11.1 Å². The molecule has 0 bridgehead atoms. The molecular formula is C21H29ClN6O. The number of benzene rings is 1. The Morgan fingerprint density at radius 1 is 1.17 bits per heavy atom. The molecule has 1 unspecified atom stereocenters. The number of fused-ring (bicyclic) bond motifs is 1. The molecule has 8 heteroatoms. The van der Waals surface area contributed by atoms with Gasteiger partial charge in [-0.15, -0.1) is 12.4 Å². The first kappa shape index (κ1) is 22.8. The molecule has 0 spiro atoms. The van der Waals surface area contributed by atoms with Crippen molar-refractivity contribution in [2.45, 2.75) is 52.5 Å². The van der Waals surface area contributed by atoms with E-state index in [0.29, 0.717) is 31.1 Å². The standard InChI is InChI=1S/C21H28N6O.ClH/c1-13(2)16-5-7-17(8-6-16)19(22)11-23-20(28)10-9-18-14(3)26-21-24-12-25-27(21)15(18)4;/h5-8,12-13,19H,9-11,22H2,1-4H3,(H,23,28);1H.